The minimum atomic E-state index is -1.13. The molecule has 0 saturated carbocycles. The number of hydrogen-bond acceptors (Lipinski definition) is 3. The largest absolute Gasteiger partial charge is 0.508 e. The Bertz CT molecular complexity index is 896. The van der Waals surface area contributed by atoms with E-state index in [4.69, 9.17) is 0 Å². The van der Waals surface area contributed by atoms with E-state index in [0.29, 0.717) is 6.42 Å². The fourth-order valence-corrected chi connectivity index (χ4v) is 4.18. The number of aryl methyl sites for hydroxylation is 1. The summed E-state index contributed by atoms with van der Waals surface area (Å²) in [6.07, 6.45) is 2.03. The average Bonchev–Trinajstić information content (AvgIpc) is 2.67. The van der Waals surface area contributed by atoms with Gasteiger partial charge in [0, 0.05) is 6.42 Å². The number of rotatable bonds is 2. The number of carboxylic acid groups (broad SMARTS) is 1. The number of carbonyl (C=O) groups is 2. The smallest absolute Gasteiger partial charge is 0.408 e. The third-order valence-corrected chi connectivity index (χ3v) is 5.55. The molecule has 0 saturated heterocycles. The second-order valence-corrected chi connectivity index (χ2v) is 7.24. The molecule has 3 N–H and O–H groups in total. The van der Waals surface area contributed by atoms with Crippen molar-refractivity contribution >= 4 is 12.0 Å². The van der Waals surface area contributed by atoms with Gasteiger partial charge in [-0.1, -0.05) is 30.3 Å². The monoisotopic (exact) mass is 366 g/mol. The van der Waals surface area contributed by atoms with Crippen molar-refractivity contribution in [1.29, 1.82) is 0 Å². The molecule has 0 fully saturated rings. The van der Waals surface area contributed by atoms with Gasteiger partial charge >= 0.3 is 6.09 Å². The van der Waals surface area contributed by atoms with E-state index in [1.807, 2.05) is 18.2 Å². The molecular formula is C21H22N2O4. The summed E-state index contributed by atoms with van der Waals surface area (Å²) < 4.78 is 0. The molecule has 0 aromatic heterocycles. The Labute approximate surface area is 157 Å². The van der Waals surface area contributed by atoms with E-state index in [1.54, 1.807) is 18.2 Å². The van der Waals surface area contributed by atoms with Crippen molar-refractivity contribution in [2.45, 2.75) is 44.3 Å². The van der Waals surface area contributed by atoms with Gasteiger partial charge in [0.1, 0.15) is 11.8 Å². The Morgan fingerprint density at radius 2 is 1.89 bits per heavy atom. The van der Waals surface area contributed by atoms with E-state index in [2.05, 4.69) is 11.4 Å². The Balaban J connectivity index is 1.57. The molecule has 0 bridgehead atoms. The van der Waals surface area contributed by atoms with Crippen LogP contribution >= 0.6 is 0 Å². The number of nitrogens with one attached hydrogen (secondary N) is 1. The summed E-state index contributed by atoms with van der Waals surface area (Å²) >= 11 is 0. The van der Waals surface area contributed by atoms with Crippen LogP contribution in [0.5, 0.6) is 5.75 Å². The average molecular weight is 366 g/mol. The van der Waals surface area contributed by atoms with Crippen molar-refractivity contribution in [2.75, 3.05) is 0 Å². The zero-order valence-electron chi connectivity index (χ0n) is 14.9. The maximum absolute atomic E-state index is 13.0. The molecule has 0 spiro atoms. The summed E-state index contributed by atoms with van der Waals surface area (Å²) in [5, 5.41) is 22.3. The number of nitrogens with zero attached hydrogens (tertiary/aromatic N) is 1. The van der Waals surface area contributed by atoms with Gasteiger partial charge in [-0.05, 0) is 53.6 Å². The van der Waals surface area contributed by atoms with Crippen molar-refractivity contribution in [3.05, 3.63) is 64.7 Å². The normalized spacial score (nSPS) is 21.1. The number of hydrogen-bond donors (Lipinski definition) is 3. The molecular weight excluding hydrogens is 344 g/mol. The molecule has 2 aliphatic rings. The van der Waals surface area contributed by atoms with E-state index in [-0.39, 0.29) is 24.2 Å². The third-order valence-electron chi connectivity index (χ3n) is 5.55. The first-order valence-electron chi connectivity index (χ1n) is 9.21. The lowest BCUT2D eigenvalue weighted by Gasteiger charge is -2.35. The molecule has 2 aromatic carbocycles. The quantitative estimate of drug-likeness (QED) is 0.762. The molecule has 6 nitrogen and oxygen atoms in total. The summed E-state index contributed by atoms with van der Waals surface area (Å²) in [6, 6.07) is 12.1. The van der Waals surface area contributed by atoms with E-state index < -0.39 is 12.1 Å². The minimum Gasteiger partial charge on any atom is -0.508 e. The van der Waals surface area contributed by atoms with Gasteiger partial charge in [-0.2, -0.15) is 0 Å². The van der Waals surface area contributed by atoms with Crippen molar-refractivity contribution in [1.82, 2.24) is 10.2 Å². The Morgan fingerprint density at radius 3 is 2.70 bits per heavy atom. The fraction of sp³-hybridized carbons (Fsp3) is 0.333. The standard InChI is InChI=1S/C21H22N2O4/c24-16-9-8-14-11-19(23(21(26)27)12-15(14)10-16)20(25)22-18-7-3-5-13-4-1-2-6-17(13)18/h1-2,4,6,8-10,18-19,24H,3,5,7,11-12H2,(H,22,25)(H,26,27)/t18-,19?/m1/s1. The maximum atomic E-state index is 13.0. The van der Waals surface area contributed by atoms with Crippen molar-refractivity contribution in [3.8, 4) is 5.75 Å². The van der Waals surface area contributed by atoms with Crippen LogP contribution in [0.25, 0.3) is 0 Å². The molecule has 27 heavy (non-hydrogen) atoms. The van der Waals surface area contributed by atoms with Crippen molar-refractivity contribution in [3.63, 3.8) is 0 Å². The molecule has 140 valence electrons. The molecule has 2 atom stereocenters. The first-order valence-corrected chi connectivity index (χ1v) is 9.21. The first-order chi connectivity index (χ1) is 13.0. The Kier molecular flexibility index (Phi) is 4.48. The van der Waals surface area contributed by atoms with E-state index >= 15 is 0 Å². The predicted octanol–water partition coefficient (Wildman–Crippen LogP) is 2.99. The molecule has 0 radical (unpaired) electrons. The van der Waals surface area contributed by atoms with Crippen LogP contribution in [-0.4, -0.2) is 33.2 Å². The zero-order chi connectivity index (χ0) is 19.0. The highest BCUT2D eigenvalue weighted by Gasteiger charge is 2.36. The summed E-state index contributed by atoms with van der Waals surface area (Å²) in [4.78, 5) is 25.9. The van der Waals surface area contributed by atoms with Crippen molar-refractivity contribution < 1.29 is 19.8 Å². The molecule has 1 heterocycles. The maximum Gasteiger partial charge on any atom is 0.408 e. The Hall–Kier alpha value is -3.02. The lowest BCUT2D eigenvalue weighted by atomic mass is 9.87. The molecule has 2 amide bonds. The summed E-state index contributed by atoms with van der Waals surface area (Å²) in [5.74, 6) is -0.168. The van der Waals surface area contributed by atoms with Gasteiger partial charge in [0.05, 0.1) is 12.6 Å². The highest BCUT2D eigenvalue weighted by atomic mass is 16.4. The number of phenolic OH excluding ortho intramolecular Hbond substituents is 1. The number of amides is 2. The number of phenols is 1. The van der Waals surface area contributed by atoms with Crippen LogP contribution in [0.4, 0.5) is 4.79 Å². The van der Waals surface area contributed by atoms with Crippen LogP contribution in [-0.2, 0) is 24.2 Å². The fourth-order valence-electron chi connectivity index (χ4n) is 4.18. The number of benzene rings is 2. The van der Waals surface area contributed by atoms with Gasteiger partial charge < -0.3 is 15.5 Å². The molecule has 2 aromatic rings. The SMILES string of the molecule is O=C(N[C@@H]1CCCc2ccccc21)C1Cc2ccc(O)cc2CN1C(=O)O. The lowest BCUT2D eigenvalue weighted by Crippen LogP contribution is -2.52. The van der Waals surface area contributed by atoms with Crippen molar-refractivity contribution in [2.24, 2.45) is 0 Å². The number of fused-ring (bicyclic) bond motifs is 2. The Morgan fingerprint density at radius 1 is 1.07 bits per heavy atom. The van der Waals surface area contributed by atoms with E-state index in [9.17, 15) is 19.8 Å². The number of aromatic hydroxyl groups is 1. The molecule has 1 aliphatic carbocycles. The minimum absolute atomic E-state index is 0.0840. The first kappa shape index (κ1) is 17.4. The molecule has 4 rings (SSSR count). The van der Waals surface area contributed by atoms with Crippen LogP contribution in [0, 0.1) is 0 Å². The lowest BCUT2D eigenvalue weighted by molar-refractivity contribution is -0.127. The van der Waals surface area contributed by atoms with Gasteiger partial charge in [0.2, 0.25) is 5.91 Å². The zero-order valence-corrected chi connectivity index (χ0v) is 14.9. The molecule has 6 heteroatoms. The summed E-state index contributed by atoms with van der Waals surface area (Å²) in [6.45, 7) is 0.0956. The van der Waals surface area contributed by atoms with Gasteiger partial charge in [-0.25, -0.2) is 4.79 Å². The van der Waals surface area contributed by atoms with Gasteiger partial charge in [-0.15, -0.1) is 0 Å². The molecule has 1 unspecified atom stereocenters. The third kappa shape index (κ3) is 3.35. The highest BCUT2D eigenvalue weighted by Crippen LogP contribution is 2.31. The van der Waals surface area contributed by atoms with E-state index in [1.165, 1.54) is 5.56 Å². The van der Waals surface area contributed by atoms with Crippen LogP contribution in [0.1, 0.15) is 41.1 Å². The van der Waals surface area contributed by atoms with Crippen LogP contribution in [0.2, 0.25) is 0 Å². The van der Waals surface area contributed by atoms with Crippen LogP contribution < -0.4 is 5.32 Å². The number of carbonyl (C=O) groups excluding carboxylic acids is 1. The predicted molar refractivity (Wildman–Crippen MR) is 99.4 cm³/mol. The summed E-state index contributed by atoms with van der Waals surface area (Å²) in [5.41, 5.74) is 4.01. The second-order valence-electron chi connectivity index (χ2n) is 7.24. The van der Waals surface area contributed by atoms with Crippen LogP contribution in [0.15, 0.2) is 42.5 Å². The molecule has 1 aliphatic heterocycles. The van der Waals surface area contributed by atoms with Gasteiger partial charge in [-0.3, -0.25) is 9.69 Å². The summed E-state index contributed by atoms with van der Waals surface area (Å²) in [7, 11) is 0. The van der Waals surface area contributed by atoms with Gasteiger partial charge in [0.15, 0.2) is 0 Å². The van der Waals surface area contributed by atoms with Gasteiger partial charge in [0.25, 0.3) is 0 Å². The highest BCUT2D eigenvalue weighted by molar-refractivity contribution is 5.86. The second kappa shape index (κ2) is 6.95. The van der Waals surface area contributed by atoms with E-state index in [0.717, 1.165) is 40.9 Å². The van der Waals surface area contributed by atoms with Crippen LogP contribution in [0.3, 0.4) is 0 Å². The topological polar surface area (TPSA) is 89.9 Å².